The number of nitriles is 1. The third-order valence-corrected chi connectivity index (χ3v) is 3.94. The second kappa shape index (κ2) is 4.69. The first-order chi connectivity index (χ1) is 9.69. The van der Waals surface area contributed by atoms with Crippen LogP contribution < -0.4 is 4.74 Å². The Morgan fingerprint density at radius 3 is 2.85 bits per heavy atom. The highest BCUT2D eigenvalue weighted by atomic mass is 16.5. The number of aryl methyl sites for hydroxylation is 1. The predicted molar refractivity (Wildman–Crippen MR) is 72.2 cm³/mol. The van der Waals surface area contributed by atoms with Crippen LogP contribution >= 0.6 is 0 Å². The molecule has 0 fully saturated rings. The first kappa shape index (κ1) is 12.8. The smallest absolute Gasteiger partial charge is 0.137 e. The van der Waals surface area contributed by atoms with Gasteiger partial charge in [0.15, 0.2) is 0 Å². The van der Waals surface area contributed by atoms with Gasteiger partial charge in [-0.25, -0.2) is 0 Å². The van der Waals surface area contributed by atoms with Crippen molar-refractivity contribution >= 4 is 0 Å². The lowest BCUT2D eigenvalue weighted by molar-refractivity contribution is 0.0621. The zero-order valence-electron chi connectivity index (χ0n) is 11.2. The minimum absolute atomic E-state index is 0.404. The van der Waals surface area contributed by atoms with E-state index in [1.807, 2.05) is 31.2 Å². The number of hydrogen-bond acceptors (Lipinski definition) is 4. The monoisotopic (exact) mass is 269 g/mol. The van der Waals surface area contributed by atoms with Gasteiger partial charge >= 0.3 is 0 Å². The van der Waals surface area contributed by atoms with E-state index in [1.54, 1.807) is 6.07 Å². The Balaban J connectivity index is 2.15. The lowest BCUT2D eigenvalue weighted by Crippen LogP contribution is -2.37. The van der Waals surface area contributed by atoms with Crippen molar-refractivity contribution in [2.75, 3.05) is 6.61 Å². The van der Waals surface area contributed by atoms with E-state index in [0.29, 0.717) is 24.5 Å². The van der Waals surface area contributed by atoms with Gasteiger partial charge in [0.1, 0.15) is 23.0 Å². The maximum atomic E-state index is 10.7. The van der Waals surface area contributed by atoms with Gasteiger partial charge in [0, 0.05) is 12.0 Å². The number of fused-ring (bicyclic) bond motifs is 1. The molecule has 4 nitrogen and oxygen atoms in total. The van der Waals surface area contributed by atoms with E-state index < -0.39 is 11.5 Å². The van der Waals surface area contributed by atoms with Crippen molar-refractivity contribution in [1.29, 1.82) is 5.26 Å². The molecule has 102 valence electrons. The van der Waals surface area contributed by atoms with Gasteiger partial charge in [-0.15, -0.1) is 0 Å². The molecule has 2 atom stereocenters. The number of hydrogen-bond donors (Lipinski definition) is 1. The van der Waals surface area contributed by atoms with Crippen molar-refractivity contribution in [2.24, 2.45) is 0 Å². The summed E-state index contributed by atoms with van der Waals surface area (Å²) in [6.45, 7) is 2.26. The number of aliphatic hydroxyl groups is 1. The first-order valence-electron chi connectivity index (χ1n) is 6.54. The van der Waals surface area contributed by atoms with Crippen LogP contribution in [-0.4, -0.2) is 11.7 Å². The van der Waals surface area contributed by atoms with Gasteiger partial charge in [0.2, 0.25) is 0 Å². The lowest BCUT2D eigenvalue weighted by Gasteiger charge is -2.36. The van der Waals surface area contributed by atoms with Crippen LogP contribution in [0.3, 0.4) is 0 Å². The highest BCUT2D eigenvalue weighted by Crippen LogP contribution is 2.47. The topological polar surface area (TPSA) is 66.4 Å². The average molecular weight is 269 g/mol. The number of nitrogens with zero attached hydrogens (tertiary/aromatic N) is 1. The molecular weight excluding hydrogens is 254 g/mol. The summed E-state index contributed by atoms with van der Waals surface area (Å²) in [5.41, 5.74) is 0.533. The largest absolute Gasteiger partial charge is 0.493 e. The van der Waals surface area contributed by atoms with E-state index in [2.05, 4.69) is 6.07 Å². The Morgan fingerprint density at radius 1 is 1.35 bits per heavy atom. The summed E-state index contributed by atoms with van der Waals surface area (Å²) in [7, 11) is 0. The molecule has 3 rings (SSSR count). The van der Waals surface area contributed by atoms with Crippen molar-refractivity contribution in [2.45, 2.75) is 24.9 Å². The van der Waals surface area contributed by atoms with Crippen LogP contribution in [0.5, 0.6) is 5.75 Å². The van der Waals surface area contributed by atoms with Gasteiger partial charge in [-0.2, -0.15) is 5.26 Å². The van der Waals surface area contributed by atoms with Crippen LogP contribution in [0.4, 0.5) is 0 Å². The first-order valence-corrected chi connectivity index (χ1v) is 6.54. The highest BCUT2D eigenvalue weighted by molar-refractivity contribution is 5.48. The highest BCUT2D eigenvalue weighted by Gasteiger charge is 2.46. The minimum Gasteiger partial charge on any atom is -0.493 e. The standard InChI is InChI=1S/C16H15NO3/c1-11-6-8-20-14(11)15(18)16(10-17)7-9-19-13-5-3-2-4-12(13)16/h2-6,8,15,18H,7,9H2,1H3. The Kier molecular flexibility index (Phi) is 3.00. The normalized spacial score (nSPS) is 22.4. The molecule has 0 amide bonds. The van der Waals surface area contributed by atoms with Gasteiger partial charge in [0.25, 0.3) is 0 Å². The molecule has 1 aromatic heterocycles. The molecule has 0 spiro atoms. The van der Waals surface area contributed by atoms with Gasteiger partial charge in [-0.05, 0) is 24.6 Å². The third-order valence-electron chi connectivity index (χ3n) is 3.94. The van der Waals surface area contributed by atoms with Crippen molar-refractivity contribution in [3.05, 3.63) is 53.5 Å². The van der Waals surface area contributed by atoms with E-state index in [0.717, 1.165) is 11.1 Å². The summed E-state index contributed by atoms with van der Waals surface area (Å²) in [6.07, 6.45) is 0.957. The fourth-order valence-corrected chi connectivity index (χ4v) is 2.77. The van der Waals surface area contributed by atoms with Crippen LogP contribution in [0.1, 0.15) is 29.4 Å². The number of furan rings is 1. The summed E-state index contributed by atoms with van der Waals surface area (Å²) in [4.78, 5) is 0. The van der Waals surface area contributed by atoms with Gasteiger partial charge in [-0.3, -0.25) is 0 Å². The summed E-state index contributed by atoms with van der Waals surface area (Å²) in [6, 6.07) is 11.4. The Bertz CT molecular complexity index is 670. The number of para-hydroxylation sites is 1. The van der Waals surface area contributed by atoms with Gasteiger partial charge in [-0.1, -0.05) is 18.2 Å². The summed E-state index contributed by atoms with van der Waals surface area (Å²) >= 11 is 0. The second-order valence-corrected chi connectivity index (χ2v) is 5.05. The van der Waals surface area contributed by atoms with Crippen LogP contribution in [0.2, 0.25) is 0 Å². The van der Waals surface area contributed by atoms with Gasteiger partial charge in [0.05, 0.1) is 18.9 Å². The molecular formula is C16H15NO3. The molecule has 2 unspecified atom stereocenters. The van der Waals surface area contributed by atoms with E-state index in [-0.39, 0.29) is 0 Å². The number of benzene rings is 1. The number of rotatable bonds is 2. The maximum absolute atomic E-state index is 10.7. The molecule has 2 aromatic rings. The average Bonchev–Trinajstić information content (AvgIpc) is 2.92. The van der Waals surface area contributed by atoms with Crippen LogP contribution in [-0.2, 0) is 5.41 Å². The van der Waals surface area contributed by atoms with E-state index in [1.165, 1.54) is 6.26 Å². The number of aliphatic hydroxyl groups excluding tert-OH is 1. The quantitative estimate of drug-likeness (QED) is 0.910. The van der Waals surface area contributed by atoms with Crippen molar-refractivity contribution in [1.82, 2.24) is 0 Å². The molecule has 0 bridgehead atoms. The fraction of sp³-hybridized carbons (Fsp3) is 0.312. The molecule has 4 heteroatoms. The van der Waals surface area contributed by atoms with E-state index >= 15 is 0 Å². The van der Waals surface area contributed by atoms with Crippen LogP contribution in [0.15, 0.2) is 41.0 Å². The summed E-state index contributed by atoms with van der Waals surface area (Å²) < 4.78 is 11.0. The fourth-order valence-electron chi connectivity index (χ4n) is 2.77. The van der Waals surface area contributed by atoms with E-state index in [9.17, 15) is 10.4 Å². The summed E-state index contributed by atoms with van der Waals surface area (Å²) in [5, 5.41) is 20.5. The molecule has 0 radical (unpaired) electrons. The summed E-state index contributed by atoms with van der Waals surface area (Å²) in [5.74, 6) is 1.10. The lowest BCUT2D eigenvalue weighted by atomic mass is 9.71. The maximum Gasteiger partial charge on any atom is 0.137 e. The molecule has 1 aliphatic heterocycles. The third kappa shape index (κ3) is 1.71. The molecule has 20 heavy (non-hydrogen) atoms. The van der Waals surface area contributed by atoms with Crippen molar-refractivity contribution < 1.29 is 14.3 Å². The SMILES string of the molecule is Cc1ccoc1C(O)C1(C#N)CCOc2ccccc21. The molecule has 1 N–H and O–H groups in total. The van der Waals surface area contributed by atoms with Gasteiger partial charge < -0.3 is 14.3 Å². The van der Waals surface area contributed by atoms with Crippen LogP contribution in [0.25, 0.3) is 0 Å². The van der Waals surface area contributed by atoms with Crippen molar-refractivity contribution in [3.63, 3.8) is 0 Å². The predicted octanol–water partition coefficient (Wildman–Crippen LogP) is 2.87. The Hall–Kier alpha value is -2.25. The van der Waals surface area contributed by atoms with Crippen molar-refractivity contribution in [3.8, 4) is 11.8 Å². The zero-order valence-corrected chi connectivity index (χ0v) is 11.2. The molecule has 2 heterocycles. The van der Waals surface area contributed by atoms with Crippen LogP contribution in [0, 0.1) is 18.3 Å². The minimum atomic E-state index is -1.03. The molecule has 1 aliphatic rings. The Morgan fingerprint density at radius 2 is 2.15 bits per heavy atom. The molecule has 1 aromatic carbocycles. The Labute approximate surface area is 117 Å². The molecule has 0 aliphatic carbocycles. The molecule has 0 saturated carbocycles. The second-order valence-electron chi connectivity index (χ2n) is 5.05. The molecule has 0 saturated heterocycles. The zero-order chi connectivity index (χ0) is 14.2. The number of ether oxygens (including phenoxy) is 1. The van der Waals surface area contributed by atoms with E-state index in [4.69, 9.17) is 9.15 Å².